The highest BCUT2D eigenvalue weighted by Gasteiger charge is 2.20. The molecule has 0 aromatic rings. The van der Waals surface area contributed by atoms with E-state index < -0.39 is 0 Å². The zero-order valence-corrected chi connectivity index (χ0v) is 6.97. The minimum atomic E-state index is 0.0831. The van der Waals surface area contributed by atoms with Gasteiger partial charge in [0.2, 0.25) is 5.91 Å². The number of nitrogens with one attached hydrogen (secondary N) is 1. The van der Waals surface area contributed by atoms with Gasteiger partial charge in [-0.15, -0.1) is 0 Å². The molecule has 0 spiro atoms. The summed E-state index contributed by atoms with van der Waals surface area (Å²) in [4.78, 5) is 11.2. The zero-order valence-electron chi connectivity index (χ0n) is 6.97. The Morgan fingerprint density at radius 3 is 3.09 bits per heavy atom. The van der Waals surface area contributed by atoms with Gasteiger partial charge in [0.1, 0.15) is 0 Å². The van der Waals surface area contributed by atoms with Gasteiger partial charge in [-0.3, -0.25) is 10.1 Å². The van der Waals surface area contributed by atoms with Crippen LogP contribution in [0.1, 0.15) is 19.8 Å². The SMILES string of the molecule is CC[N]C(=O)C1CCCNC1. The van der Waals surface area contributed by atoms with E-state index in [4.69, 9.17) is 0 Å². The van der Waals surface area contributed by atoms with Gasteiger partial charge in [-0.25, -0.2) is 0 Å². The number of carbonyl (C=O) groups is 1. The first-order valence-corrected chi connectivity index (χ1v) is 4.26. The van der Waals surface area contributed by atoms with Crippen LogP contribution in [-0.2, 0) is 4.79 Å². The fourth-order valence-electron chi connectivity index (χ4n) is 1.35. The Hall–Kier alpha value is -0.570. The maximum Gasteiger partial charge on any atom is 0.245 e. The van der Waals surface area contributed by atoms with Crippen LogP contribution in [-0.4, -0.2) is 25.5 Å². The van der Waals surface area contributed by atoms with Crippen molar-refractivity contribution in [3.05, 3.63) is 0 Å². The lowest BCUT2D eigenvalue weighted by Gasteiger charge is -2.20. The van der Waals surface area contributed by atoms with Gasteiger partial charge in [-0.05, 0) is 26.3 Å². The van der Waals surface area contributed by atoms with Crippen LogP contribution >= 0.6 is 0 Å². The number of nitrogens with zero attached hydrogens (tertiary/aromatic N) is 1. The minimum absolute atomic E-state index is 0.0831. The molecule has 1 unspecified atom stereocenters. The van der Waals surface area contributed by atoms with Crippen LogP contribution < -0.4 is 10.6 Å². The van der Waals surface area contributed by atoms with Crippen molar-refractivity contribution in [1.82, 2.24) is 10.6 Å². The van der Waals surface area contributed by atoms with Crippen LogP contribution in [0, 0.1) is 5.92 Å². The Morgan fingerprint density at radius 1 is 1.73 bits per heavy atom. The Balaban J connectivity index is 2.27. The fourth-order valence-corrected chi connectivity index (χ4v) is 1.35. The standard InChI is InChI=1S/C8H15N2O/c1-2-10-8(11)7-4-3-5-9-6-7/h7,9H,2-6H2,1H3. The third-order valence-corrected chi connectivity index (χ3v) is 1.96. The second kappa shape index (κ2) is 4.34. The molecule has 1 radical (unpaired) electrons. The monoisotopic (exact) mass is 155 g/mol. The van der Waals surface area contributed by atoms with Crippen LogP contribution in [0.2, 0.25) is 0 Å². The Morgan fingerprint density at radius 2 is 2.55 bits per heavy atom. The molecule has 1 aliphatic rings. The molecule has 11 heavy (non-hydrogen) atoms. The molecule has 1 amide bonds. The van der Waals surface area contributed by atoms with E-state index >= 15 is 0 Å². The van der Waals surface area contributed by atoms with Crippen molar-refractivity contribution < 1.29 is 4.79 Å². The summed E-state index contributed by atoms with van der Waals surface area (Å²) in [6.07, 6.45) is 2.12. The molecule has 1 saturated heterocycles. The van der Waals surface area contributed by atoms with E-state index in [0.29, 0.717) is 6.54 Å². The van der Waals surface area contributed by atoms with E-state index in [1.165, 1.54) is 0 Å². The second-order valence-electron chi connectivity index (χ2n) is 2.86. The van der Waals surface area contributed by atoms with Gasteiger partial charge in [0.05, 0.1) is 5.92 Å². The van der Waals surface area contributed by atoms with E-state index in [2.05, 4.69) is 10.6 Å². The third kappa shape index (κ3) is 2.50. The van der Waals surface area contributed by atoms with Gasteiger partial charge < -0.3 is 5.32 Å². The van der Waals surface area contributed by atoms with Gasteiger partial charge in [0, 0.05) is 13.1 Å². The molecule has 1 heterocycles. The molecular weight excluding hydrogens is 140 g/mol. The highest BCUT2D eigenvalue weighted by Crippen LogP contribution is 2.09. The average molecular weight is 155 g/mol. The summed E-state index contributed by atoms with van der Waals surface area (Å²) >= 11 is 0. The van der Waals surface area contributed by atoms with Gasteiger partial charge in [0.25, 0.3) is 0 Å². The molecule has 0 aromatic carbocycles. The quantitative estimate of drug-likeness (QED) is 0.616. The van der Waals surface area contributed by atoms with Crippen LogP contribution in [0.4, 0.5) is 0 Å². The predicted octanol–water partition coefficient (Wildman–Crippen LogP) is 0.137. The van der Waals surface area contributed by atoms with Crippen LogP contribution in [0.3, 0.4) is 0 Å². The highest BCUT2D eigenvalue weighted by atomic mass is 16.1. The molecule has 0 bridgehead atoms. The summed E-state index contributed by atoms with van der Waals surface area (Å²) in [5.74, 6) is 0.239. The molecule has 0 aromatic heterocycles. The summed E-state index contributed by atoms with van der Waals surface area (Å²) in [5.41, 5.74) is 0. The molecule has 3 nitrogen and oxygen atoms in total. The van der Waals surface area contributed by atoms with E-state index in [-0.39, 0.29) is 11.8 Å². The molecular formula is C8H15N2O. The largest absolute Gasteiger partial charge is 0.316 e. The lowest BCUT2D eigenvalue weighted by atomic mass is 9.99. The van der Waals surface area contributed by atoms with E-state index in [9.17, 15) is 4.79 Å². The van der Waals surface area contributed by atoms with Crippen LogP contribution in [0.25, 0.3) is 0 Å². The van der Waals surface area contributed by atoms with E-state index in [1.54, 1.807) is 0 Å². The topological polar surface area (TPSA) is 43.2 Å². The summed E-state index contributed by atoms with van der Waals surface area (Å²) < 4.78 is 0. The Bertz CT molecular complexity index is 130. The van der Waals surface area contributed by atoms with Crippen LogP contribution in [0.15, 0.2) is 0 Å². The second-order valence-corrected chi connectivity index (χ2v) is 2.86. The normalized spacial score (nSPS) is 24.6. The first-order valence-electron chi connectivity index (χ1n) is 4.26. The first-order chi connectivity index (χ1) is 5.34. The van der Waals surface area contributed by atoms with E-state index in [1.807, 2.05) is 6.92 Å². The zero-order chi connectivity index (χ0) is 8.10. The van der Waals surface area contributed by atoms with Gasteiger partial charge in [-0.1, -0.05) is 0 Å². The van der Waals surface area contributed by atoms with Crippen molar-refractivity contribution in [1.29, 1.82) is 0 Å². The molecule has 1 rings (SSSR count). The molecule has 1 atom stereocenters. The Labute approximate surface area is 67.5 Å². The highest BCUT2D eigenvalue weighted by molar-refractivity contribution is 5.78. The van der Waals surface area contributed by atoms with Crippen molar-refractivity contribution in [3.8, 4) is 0 Å². The average Bonchev–Trinajstić information content (AvgIpc) is 2.07. The number of amides is 1. The molecule has 1 aliphatic heterocycles. The first kappa shape index (κ1) is 8.53. The molecule has 3 heteroatoms. The van der Waals surface area contributed by atoms with E-state index in [0.717, 1.165) is 25.9 Å². The summed E-state index contributed by atoms with van der Waals surface area (Å²) in [5, 5.41) is 7.06. The molecule has 1 fully saturated rings. The number of piperidine rings is 1. The maximum atomic E-state index is 11.2. The molecule has 0 saturated carbocycles. The van der Waals surface area contributed by atoms with Crippen molar-refractivity contribution in [3.63, 3.8) is 0 Å². The van der Waals surface area contributed by atoms with Gasteiger partial charge in [0.15, 0.2) is 0 Å². The van der Waals surface area contributed by atoms with Crippen molar-refractivity contribution in [2.45, 2.75) is 19.8 Å². The Kier molecular flexibility index (Phi) is 3.36. The minimum Gasteiger partial charge on any atom is -0.316 e. The lowest BCUT2D eigenvalue weighted by Crippen LogP contribution is -2.37. The fraction of sp³-hybridized carbons (Fsp3) is 0.875. The number of hydrogen-bond acceptors (Lipinski definition) is 2. The summed E-state index contributed by atoms with van der Waals surface area (Å²) in [6, 6.07) is 0. The van der Waals surface area contributed by atoms with Gasteiger partial charge >= 0.3 is 0 Å². The predicted molar refractivity (Wildman–Crippen MR) is 43.3 cm³/mol. The summed E-state index contributed by atoms with van der Waals surface area (Å²) in [7, 11) is 0. The maximum absolute atomic E-state index is 11.2. The van der Waals surface area contributed by atoms with Crippen molar-refractivity contribution >= 4 is 5.91 Å². The van der Waals surface area contributed by atoms with Crippen LogP contribution in [0.5, 0.6) is 0 Å². The smallest absolute Gasteiger partial charge is 0.245 e. The number of rotatable bonds is 2. The molecule has 1 N–H and O–H groups in total. The number of carbonyl (C=O) groups excluding carboxylic acids is 1. The molecule has 0 aliphatic carbocycles. The lowest BCUT2D eigenvalue weighted by molar-refractivity contribution is -0.125. The molecule has 63 valence electrons. The third-order valence-electron chi connectivity index (χ3n) is 1.96. The van der Waals surface area contributed by atoms with Gasteiger partial charge in [-0.2, -0.15) is 0 Å². The summed E-state index contributed by atoms with van der Waals surface area (Å²) in [6.45, 7) is 4.39. The number of hydrogen-bond donors (Lipinski definition) is 1. The van der Waals surface area contributed by atoms with Crippen molar-refractivity contribution in [2.24, 2.45) is 5.92 Å². The van der Waals surface area contributed by atoms with Crippen molar-refractivity contribution in [2.75, 3.05) is 19.6 Å².